The molecule has 0 saturated carbocycles. The van der Waals surface area contributed by atoms with Crippen LogP contribution in [-0.2, 0) is 6.54 Å². The molecule has 1 saturated heterocycles. The fourth-order valence-electron chi connectivity index (χ4n) is 2.62. The molecule has 0 aromatic carbocycles. The fraction of sp³-hybridized carbons (Fsp3) is 0.714. The quantitative estimate of drug-likeness (QED) is 0.905. The van der Waals surface area contributed by atoms with Crippen LogP contribution in [0.5, 0.6) is 0 Å². The number of piperazine rings is 1. The zero-order valence-electron chi connectivity index (χ0n) is 11.4. The van der Waals surface area contributed by atoms with Gasteiger partial charge in [0, 0.05) is 41.1 Å². The lowest BCUT2D eigenvalue weighted by Gasteiger charge is -2.40. The molecular weight excluding hydrogens is 308 g/mol. The van der Waals surface area contributed by atoms with E-state index in [1.165, 1.54) is 15.8 Å². The molecule has 4 heteroatoms. The number of thiophene rings is 1. The maximum Gasteiger partial charge on any atom is 0.0343 e. The SMILES string of the molecule is CC(C)CC1CNC(C)CN1Cc1sccc1Br. The summed E-state index contributed by atoms with van der Waals surface area (Å²) >= 11 is 5.50. The molecular formula is C14H23BrN2S. The van der Waals surface area contributed by atoms with Crippen molar-refractivity contribution in [2.45, 2.75) is 45.8 Å². The van der Waals surface area contributed by atoms with Crippen molar-refractivity contribution < 1.29 is 0 Å². The second-order valence-corrected chi connectivity index (χ2v) is 7.57. The van der Waals surface area contributed by atoms with Crippen molar-refractivity contribution in [3.05, 3.63) is 20.8 Å². The van der Waals surface area contributed by atoms with Crippen molar-refractivity contribution in [2.24, 2.45) is 5.92 Å². The predicted octanol–water partition coefficient (Wildman–Crippen LogP) is 3.72. The van der Waals surface area contributed by atoms with E-state index in [0.717, 1.165) is 25.6 Å². The molecule has 0 spiro atoms. The van der Waals surface area contributed by atoms with Crippen LogP contribution in [0, 0.1) is 5.92 Å². The fourth-order valence-corrected chi connectivity index (χ4v) is 4.13. The van der Waals surface area contributed by atoms with E-state index in [9.17, 15) is 0 Å². The summed E-state index contributed by atoms with van der Waals surface area (Å²) in [7, 11) is 0. The van der Waals surface area contributed by atoms with Gasteiger partial charge in [-0.05, 0) is 46.6 Å². The highest BCUT2D eigenvalue weighted by Gasteiger charge is 2.26. The van der Waals surface area contributed by atoms with Crippen molar-refractivity contribution in [1.82, 2.24) is 10.2 Å². The molecule has 2 rings (SSSR count). The molecule has 1 aliphatic heterocycles. The second-order valence-electron chi connectivity index (χ2n) is 5.71. The summed E-state index contributed by atoms with van der Waals surface area (Å²) in [4.78, 5) is 4.11. The molecule has 1 aromatic heterocycles. The summed E-state index contributed by atoms with van der Waals surface area (Å²) in [6.45, 7) is 10.3. The number of hydrogen-bond donors (Lipinski definition) is 1. The maximum atomic E-state index is 3.65. The highest BCUT2D eigenvalue weighted by atomic mass is 79.9. The molecule has 2 nitrogen and oxygen atoms in total. The van der Waals surface area contributed by atoms with Gasteiger partial charge in [-0.25, -0.2) is 0 Å². The van der Waals surface area contributed by atoms with Crippen molar-refractivity contribution in [1.29, 1.82) is 0 Å². The molecule has 2 atom stereocenters. The Morgan fingerprint density at radius 1 is 1.56 bits per heavy atom. The van der Waals surface area contributed by atoms with E-state index < -0.39 is 0 Å². The van der Waals surface area contributed by atoms with E-state index in [2.05, 4.69) is 58.4 Å². The average molecular weight is 331 g/mol. The molecule has 0 radical (unpaired) electrons. The summed E-state index contributed by atoms with van der Waals surface area (Å²) < 4.78 is 1.27. The summed E-state index contributed by atoms with van der Waals surface area (Å²) in [6.07, 6.45) is 1.28. The van der Waals surface area contributed by atoms with Crippen molar-refractivity contribution >= 4 is 27.3 Å². The van der Waals surface area contributed by atoms with Crippen molar-refractivity contribution in [2.75, 3.05) is 13.1 Å². The first kappa shape index (κ1) is 14.5. The number of nitrogens with zero attached hydrogens (tertiary/aromatic N) is 1. The summed E-state index contributed by atoms with van der Waals surface area (Å²) in [5.74, 6) is 0.763. The van der Waals surface area contributed by atoms with E-state index in [0.29, 0.717) is 12.1 Å². The van der Waals surface area contributed by atoms with Crippen molar-refractivity contribution in [3.63, 3.8) is 0 Å². The van der Waals surface area contributed by atoms with E-state index in [4.69, 9.17) is 0 Å². The predicted molar refractivity (Wildman–Crippen MR) is 83.1 cm³/mol. The lowest BCUT2D eigenvalue weighted by atomic mass is 9.99. The molecule has 1 N–H and O–H groups in total. The van der Waals surface area contributed by atoms with Gasteiger partial charge in [-0.2, -0.15) is 0 Å². The van der Waals surface area contributed by atoms with Gasteiger partial charge in [-0.3, -0.25) is 4.90 Å². The second kappa shape index (κ2) is 6.51. The molecule has 1 fully saturated rings. The standard InChI is InChI=1S/C14H23BrN2S/c1-10(2)6-12-7-16-11(3)8-17(12)9-14-13(15)4-5-18-14/h4-5,10-12,16H,6-9H2,1-3H3. The third kappa shape index (κ3) is 3.80. The Balaban J connectivity index is 2.03. The Bertz CT molecular complexity index is 378. The van der Waals surface area contributed by atoms with Crippen molar-refractivity contribution in [3.8, 4) is 0 Å². The number of nitrogens with one attached hydrogen (secondary N) is 1. The first-order valence-corrected chi connectivity index (χ1v) is 8.42. The molecule has 2 heterocycles. The first-order chi connectivity index (χ1) is 8.56. The van der Waals surface area contributed by atoms with Gasteiger partial charge in [0.25, 0.3) is 0 Å². The van der Waals surface area contributed by atoms with Crippen LogP contribution >= 0.6 is 27.3 Å². The lowest BCUT2D eigenvalue weighted by Crippen LogP contribution is -2.55. The van der Waals surface area contributed by atoms with Crippen LogP contribution < -0.4 is 5.32 Å². The molecule has 0 amide bonds. The van der Waals surface area contributed by atoms with Gasteiger partial charge in [-0.15, -0.1) is 11.3 Å². The van der Waals surface area contributed by atoms with Crippen LogP contribution in [0.15, 0.2) is 15.9 Å². The minimum absolute atomic E-state index is 0.604. The van der Waals surface area contributed by atoms with E-state index in [1.807, 2.05) is 11.3 Å². The molecule has 18 heavy (non-hydrogen) atoms. The van der Waals surface area contributed by atoms with Gasteiger partial charge in [-0.1, -0.05) is 13.8 Å². The molecule has 0 bridgehead atoms. The van der Waals surface area contributed by atoms with Gasteiger partial charge in [0.15, 0.2) is 0 Å². The number of hydrogen-bond acceptors (Lipinski definition) is 3. The average Bonchev–Trinajstić information content (AvgIpc) is 2.68. The summed E-state index contributed by atoms with van der Waals surface area (Å²) in [5.41, 5.74) is 0. The minimum atomic E-state index is 0.604. The third-order valence-electron chi connectivity index (χ3n) is 3.51. The number of rotatable bonds is 4. The van der Waals surface area contributed by atoms with Crippen LogP contribution in [-0.4, -0.2) is 30.1 Å². The summed E-state index contributed by atoms with van der Waals surface area (Å²) in [6, 6.07) is 3.44. The van der Waals surface area contributed by atoms with Gasteiger partial charge < -0.3 is 5.32 Å². The lowest BCUT2D eigenvalue weighted by molar-refractivity contribution is 0.112. The van der Waals surface area contributed by atoms with Crippen LogP contribution in [0.4, 0.5) is 0 Å². The zero-order chi connectivity index (χ0) is 13.1. The molecule has 102 valence electrons. The monoisotopic (exact) mass is 330 g/mol. The van der Waals surface area contributed by atoms with Crippen LogP contribution in [0.2, 0.25) is 0 Å². The normalized spacial score (nSPS) is 25.8. The zero-order valence-corrected chi connectivity index (χ0v) is 13.9. The molecule has 2 unspecified atom stereocenters. The Morgan fingerprint density at radius 3 is 2.94 bits per heavy atom. The Morgan fingerprint density at radius 2 is 2.33 bits per heavy atom. The molecule has 1 aromatic rings. The minimum Gasteiger partial charge on any atom is -0.311 e. The molecule has 1 aliphatic rings. The topological polar surface area (TPSA) is 15.3 Å². The van der Waals surface area contributed by atoms with Gasteiger partial charge in [0.05, 0.1) is 0 Å². The smallest absolute Gasteiger partial charge is 0.0343 e. The highest BCUT2D eigenvalue weighted by Crippen LogP contribution is 2.26. The first-order valence-electron chi connectivity index (χ1n) is 6.75. The van der Waals surface area contributed by atoms with E-state index in [-0.39, 0.29) is 0 Å². The largest absolute Gasteiger partial charge is 0.311 e. The van der Waals surface area contributed by atoms with Crippen LogP contribution in [0.25, 0.3) is 0 Å². The highest BCUT2D eigenvalue weighted by molar-refractivity contribution is 9.10. The van der Waals surface area contributed by atoms with E-state index >= 15 is 0 Å². The molecule has 0 aliphatic carbocycles. The third-order valence-corrected chi connectivity index (χ3v) is 5.42. The summed E-state index contributed by atoms with van der Waals surface area (Å²) in [5, 5.41) is 5.78. The Labute approximate surface area is 123 Å². The van der Waals surface area contributed by atoms with Gasteiger partial charge in [0.1, 0.15) is 0 Å². The van der Waals surface area contributed by atoms with Crippen LogP contribution in [0.1, 0.15) is 32.1 Å². The van der Waals surface area contributed by atoms with Gasteiger partial charge >= 0.3 is 0 Å². The Hall–Kier alpha value is 0.100. The Kier molecular flexibility index (Phi) is 5.24. The van der Waals surface area contributed by atoms with Gasteiger partial charge in [0.2, 0.25) is 0 Å². The maximum absolute atomic E-state index is 3.65. The number of halogens is 1. The van der Waals surface area contributed by atoms with E-state index in [1.54, 1.807) is 0 Å². The van der Waals surface area contributed by atoms with Crippen LogP contribution in [0.3, 0.4) is 0 Å².